The Labute approximate surface area is 109 Å². The Balaban J connectivity index is 2.24. The summed E-state index contributed by atoms with van der Waals surface area (Å²) in [7, 11) is 0. The molecule has 2 heterocycles. The highest BCUT2D eigenvalue weighted by Gasteiger charge is 2.17. The molecule has 0 aliphatic heterocycles. The van der Waals surface area contributed by atoms with E-state index in [0.717, 1.165) is 10.8 Å². The van der Waals surface area contributed by atoms with Gasteiger partial charge in [0.15, 0.2) is 10.8 Å². The summed E-state index contributed by atoms with van der Waals surface area (Å²) in [5.74, 6) is 1.38. The quantitative estimate of drug-likeness (QED) is 0.881. The number of rotatable bonds is 4. The zero-order chi connectivity index (χ0) is 13.1. The van der Waals surface area contributed by atoms with Gasteiger partial charge in [-0.1, -0.05) is 0 Å². The molecule has 6 heteroatoms. The zero-order valence-electron chi connectivity index (χ0n) is 10.3. The third-order valence-electron chi connectivity index (χ3n) is 2.38. The first-order chi connectivity index (χ1) is 8.61. The van der Waals surface area contributed by atoms with Gasteiger partial charge in [-0.15, -0.1) is 11.3 Å². The Morgan fingerprint density at radius 2 is 2.28 bits per heavy atom. The molecule has 0 unspecified atom stereocenters. The van der Waals surface area contributed by atoms with Crippen molar-refractivity contribution in [1.29, 1.82) is 0 Å². The van der Waals surface area contributed by atoms with Gasteiger partial charge in [-0.3, -0.25) is 4.79 Å². The van der Waals surface area contributed by atoms with Crippen molar-refractivity contribution in [2.75, 3.05) is 13.1 Å². The van der Waals surface area contributed by atoms with Crippen LogP contribution in [-0.4, -0.2) is 24.0 Å². The Kier molecular flexibility index (Phi) is 3.78. The zero-order valence-corrected chi connectivity index (χ0v) is 11.1. The number of hydrogen-bond donors (Lipinski definition) is 2. The molecule has 0 fully saturated rings. The van der Waals surface area contributed by atoms with Crippen LogP contribution in [-0.2, 0) is 0 Å². The van der Waals surface area contributed by atoms with E-state index in [0.29, 0.717) is 29.4 Å². The van der Waals surface area contributed by atoms with E-state index in [1.165, 1.54) is 11.3 Å². The fourth-order valence-corrected chi connectivity index (χ4v) is 2.47. The van der Waals surface area contributed by atoms with Crippen molar-refractivity contribution < 1.29 is 9.21 Å². The number of amides is 1. The SMILES string of the molecule is Cc1ccc(-c2nc(C)c(C(=O)NCCN)s2)o1. The van der Waals surface area contributed by atoms with Crippen LogP contribution in [0.4, 0.5) is 0 Å². The van der Waals surface area contributed by atoms with Crippen LogP contribution in [0.25, 0.3) is 10.8 Å². The maximum Gasteiger partial charge on any atom is 0.263 e. The first-order valence-corrected chi connectivity index (χ1v) is 6.46. The second-order valence-corrected chi connectivity index (χ2v) is 4.89. The molecule has 2 rings (SSSR count). The summed E-state index contributed by atoms with van der Waals surface area (Å²) in [6.07, 6.45) is 0. The highest BCUT2D eigenvalue weighted by Crippen LogP contribution is 2.29. The topological polar surface area (TPSA) is 81.2 Å². The van der Waals surface area contributed by atoms with Gasteiger partial charge in [-0.05, 0) is 26.0 Å². The first kappa shape index (κ1) is 12.8. The molecule has 1 amide bonds. The minimum atomic E-state index is -0.134. The van der Waals surface area contributed by atoms with E-state index in [4.69, 9.17) is 10.2 Å². The summed E-state index contributed by atoms with van der Waals surface area (Å²) in [5, 5.41) is 3.46. The standard InChI is InChI=1S/C12H15N3O2S/c1-7-3-4-9(17-7)12-15-8(2)10(18-12)11(16)14-6-5-13/h3-4H,5-6,13H2,1-2H3,(H,14,16). The van der Waals surface area contributed by atoms with Crippen LogP contribution < -0.4 is 11.1 Å². The molecule has 0 saturated carbocycles. The fraction of sp³-hybridized carbons (Fsp3) is 0.333. The van der Waals surface area contributed by atoms with Gasteiger partial charge in [0.1, 0.15) is 10.6 Å². The van der Waals surface area contributed by atoms with Gasteiger partial charge in [0.05, 0.1) is 5.69 Å². The third-order valence-corrected chi connectivity index (χ3v) is 3.55. The van der Waals surface area contributed by atoms with Crippen molar-refractivity contribution in [3.05, 3.63) is 28.5 Å². The van der Waals surface area contributed by atoms with Gasteiger partial charge >= 0.3 is 0 Å². The van der Waals surface area contributed by atoms with E-state index in [1.54, 1.807) is 0 Å². The fourth-order valence-electron chi connectivity index (χ4n) is 1.53. The molecule has 0 aliphatic rings. The number of thiazole rings is 1. The lowest BCUT2D eigenvalue weighted by Crippen LogP contribution is -2.28. The second kappa shape index (κ2) is 5.32. The Morgan fingerprint density at radius 3 is 2.89 bits per heavy atom. The minimum Gasteiger partial charge on any atom is -0.459 e. The molecular formula is C12H15N3O2S. The molecule has 5 nitrogen and oxygen atoms in total. The van der Waals surface area contributed by atoms with Gasteiger partial charge in [-0.25, -0.2) is 4.98 Å². The number of furan rings is 1. The molecule has 2 aromatic heterocycles. The maximum atomic E-state index is 11.8. The number of carbonyl (C=O) groups is 1. The van der Waals surface area contributed by atoms with Crippen molar-refractivity contribution in [1.82, 2.24) is 10.3 Å². The van der Waals surface area contributed by atoms with Gasteiger partial charge < -0.3 is 15.5 Å². The lowest BCUT2D eigenvalue weighted by molar-refractivity contribution is 0.0958. The number of nitrogens with one attached hydrogen (secondary N) is 1. The molecule has 18 heavy (non-hydrogen) atoms. The highest BCUT2D eigenvalue weighted by molar-refractivity contribution is 7.17. The van der Waals surface area contributed by atoms with Crippen LogP contribution in [0.15, 0.2) is 16.5 Å². The van der Waals surface area contributed by atoms with Crippen molar-refractivity contribution in [2.24, 2.45) is 5.73 Å². The van der Waals surface area contributed by atoms with Gasteiger partial charge in [0.2, 0.25) is 0 Å². The van der Waals surface area contributed by atoms with Crippen LogP contribution in [0.3, 0.4) is 0 Å². The van der Waals surface area contributed by atoms with Crippen LogP contribution in [0.2, 0.25) is 0 Å². The number of carbonyl (C=O) groups excluding carboxylic acids is 1. The Bertz CT molecular complexity index is 559. The van der Waals surface area contributed by atoms with Crippen molar-refractivity contribution >= 4 is 17.2 Å². The average Bonchev–Trinajstić information content (AvgIpc) is 2.92. The summed E-state index contributed by atoms with van der Waals surface area (Å²) in [4.78, 5) is 16.8. The molecule has 0 aromatic carbocycles. The Morgan fingerprint density at radius 1 is 1.50 bits per heavy atom. The molecular weight excluding hydrogens is 250 g/mol. The molecule has 0 spiro atoms. The van der Waals surface area contributed by atoms with E-state index in [2.05, 4.69) is 10.3 Å². The Hall–Kier alpha value is -1.66. The van der Waals surface area contributed by atoms with Crippen molar-refractivity contribution in [2.45, 2.75) is 13.8 Å². The molecule has 0 aliphatic carbocycles. The van der Waals surface area contributed by atoms with Crippen LogP contribution in [0, 0.1) is 13.8 Å². The molecule has 0 atom stereocenters. The molecule has 96 valence electrons. The van der Waals surface area contributed by atoms with Gasteiger partial charge in [-0.2, -0.15) is 0 Å². The highest BCUT2D eigenvalue weighted by atomic mass is 32.1. The average molecular weight is 265 g/mol. The van der Waals surface area contributed by atoms with Crippen LogP contribution in [0.1, 0.15) is 21.1 Å². The lowest BCUT2D eigenvalue weighted by atomic mass is 10.3. The predicted octanol–water partition coefficient (Wildman–Crippen LogP) is 1.71. The molecule has 3 N–H and O–H groups in total. The van der Waals surface area contributed by atoms with E-state index in [1.807, 2.05) is 26.0 Å². The van der Waals surface area contributed by atoms with Gasteiger partial charge in [0, 0.05) is 13.1 Å². The van der Waals surface area contributed by atoms with Crippen molar-refractivity contribution in [3.63, 3.8) is 0 Å². The monoisotopic (exact) mass is 265 g/mol. The van der Waals surface area contributed by atoms with Crippen LogP contribution >= 0.6 is 11.3 Å². The predicted molar refractivity (Wildman–Crippen MR) is 70.7 cm³/mol. The third kappa shape index (κ3) is 2.60. The first-order valence-electron chi connectivity index (χ1n) is 5.64. The number of hydrogen-bond acceptors (Lipinski definition) is 5. The largest absolute Gasteiger partial charge is 0.459 e. The van der Waals surface area contributed by atoms with Crippen molar-refractivity contribution in [3.8, 4) is 10.8 Å². The van der Waals surface area contributed by atoms with Crippen LogP contribution in [0.5, 0.6) is 0 Å². The lowest BCUT2D eigenvalue weighted by Gasteiger charge is -2.00. The summed E-state index contributed by atoms with van der Waals surface area (Å²) >= 11 is 1.33. The summed E-state index contributed by atoms with van der Waals surface area (Å²) in [6.45, 7) is 4.57. The normalized spacial score (nSPS) is 10.6. The number of nitrogens with two attached hydrogens (primary N) is 1. The molecule has 0 radical (unpaired) electrons. The van der Waals surface area contributed by atoms with Gasteiger partial charge in [0.25, 0.3) is 5.91 Å². The van der Waals surface area contributed by atoms with E-state index < -0.39 is 0 Å². The summed E-state index contributed by atoms with van der Waals surface area (Å²) in [6, 6.07) is 3.73. The molecule has 2 aromatic rings. The molecule has 0 saturated heterocycles. The summed E-state index contributed by atoms with van der Waals surface area (Å²) < 4.78 is 5.49. The smallest absolute Gasteiger partial charge is 0.263 e. The minimum absolute atomic E-state index is 0.134. The molecule has 0 bridgehead atoms. The number of nitrogens with zero attached hydrogens (tertiary/aromatic N) is 1. The number of aromatic nitrogens is 1. The second-order valence-electron chi connectivity index (χ2n) is 3.89. The van der Waals surface area contributed by atoms with E-state index in [9.17, 15) is 4.79 Å². The summed E-state index contributed by atoms with van der Waals surface area (Å²) in [5.41, 5.74) is 6.06. The van der Waals surface area contributed by atoms with E-state index >= 15 is 0 Å². The number of aryl methyl sites for hydroxylation is 2. The van der Waals surface area contributed by atoms with E-state index in [-0.39, 0.29) is 5.91 Å². The maximum absolute atomic E-state index is 11.8.